The van der Waals surface area contributed by atoms with Crippen LogP contribution in [-0.4, -0.2) is 43.3 Å². The zero-order valence-electron chi connectivity index (χ0n) is 19.8. The molecule has 0 radical (unpaired) electrons. The number of rotatable bonds is 8. The molecule has 1 amide bonds. The zero-order valence-corrected chi connectivity index (χ0v) is 19.8. The van der Waals surface area contributed by atoms with Gasteiger partial charge in [0.15, 0.2) is 0 Å². The van der Waals surface area contributed by atoms with Crippen molar-refractivity contribution in [1.29, 1.82) is 0 Å². The third kappa shape index (κ3) is 6.14. The molecule has 2 N–H and O–H groups in total. The molecule has 2 heterocycles. The highest BCUT2D eigenvalue weighted by molar-refractivity contribution is 5.70. The molecule has 0 spiro atoms. The van der Waals surface area contributed by atoms with Crippen LogP contribution in [0.2, 0.25) is 0 Å². The van der Waals surface area contributed by atoms with Crippen LogP contribution in [0.15, 0.2) is 48.7 Å². The van der Waals surface area contributed by atoms with Gasteiger partial charge in [0.25, 0.3) is 0 Å². The molecule has 35 heavy (non-hydrogen) atoms. The Kier molecular flexibility index (Phi) is 7.59. The van der Waals surface area contributed by atoms with Gasteiger partial charge in [-0.1, -0.05) is 35.5 Å². The van der Waals surface area contributed by atoms with Crippen LogP contribution in [-0.2, 0) is 23.1 Å². The Bertz CT molecular complexity index is 1150. The van der Waals surface area contributed by atoms with Crippen molar-refractivity contribution in [3.8, 4) is 17.1 Å². The highest BCUT2D eigenvalue weighted by Crippen LogP contribution is 2.29. The molecule has 184 valence electrons. The summed E-state index contributed by atoms with van der Waals surface area (Å²) in [6, 6.07) is 13.1. The normalized spacial score (nSPS) is 18.5. The number of aliphatic carboxylic acids is 1. The van der Waals surface area contributed by atoms with Crippen LogP contribution in [0.1, 0.15) is 50.0 Å². The number of carboxylic acids is 1. The number of alkyl carbamates (subject to hydrolysis) is 1. The highest BCUT2D eigenvalue weighted by Gasteiger charge is 2.28. The summed E-state index contributed by atoms with van der Waals surface area (Å²) >= 11 is 0. The van der Waals surface area contributed by atoms with Crippen molar-refractivity contribution < 1.29 is 24.2 Å². The van der Waals surface area contributed by atoms with E-state index in [1.165, 1.54) is 0 Å². The number of nitrogens with one attached hydrogen (secondary N) is 1. The number of carboxylic acid groups (broad SMARTS) is 1. The van der Waals surface area contributed by atoms with Crippen LogP contribution in [0.4, 0.5) is 4.79 Å². The molecule has 0 bridgehead atoms. The van der Waals surface area contributed by atoms with Crippen molar-refractivity contribution in [3.63, 3.8) is 0 Å². The number of nitrogens with zero attached hydrogens (tertiary/aromatic N) is 4. The van der Waals surface area contributed by atoms with Gasteiger partial charge in [-0.25, -0.2) is 9.48 Å². The second-order valence-electron chi connectivity index (χ2n) is 8.64. The number of hydrogen-bond acceptors (Lipinski definition) is 7. The zero-order chi connectivity index (χ0) is 24.8. The molecule has 1 saturated carbocycles. The average Bonchev–Trinajstić information content (AvgIpc) is 3.24. The van der Waals surface area contributed by atoms with Crippen molar-refractivity contribution in [2.24, 2.45) is 13.0 Å². The number of hydrogen-bond donors (Lipinski definition) is 2. The van der Waals surface area contributed by atoms with E-state index < -0.39 is 12.1 Å². The topological polar surface area (TPSA) is 128 Å². The van der Waals surface area contributed by atoms with Gasteiger partial charge in [-0.15, -0.1) is 5.10 Å². The number of aromatic nitrogens is 4. The summed E-state index contributed by atoms with van der Waals surface area (Å²) in [5, 5.41) is 20.3. The Hall–Kier alpha value is -3.95. The molecular weight excluding hydrogens is 450 g/mol. The largest absolute Gasteiger partial charge is 0.489 e. The minimum Gasteiger partial charge on any atom is -0.489 e. The van der Waals surface area contributed by atoms with Gasteiger partial charge >= 0.3 is 12.1 Å². The lowest BCUT2D eigenvalue weighted by Crippen LogP contribution is -2.29. The molecule has 4 rings (SSSR count). The summed E-state index contributed by atoms with van der Waals surface area (Å²) in [6.45, 7) is 1.98. The van der Waals surface area contributed by atoms with Crippen molar-refractivity contribution in [2.45, 2.75) is 51.4 Å². The fraction of sp³-hybridized carbons (Fsp3) is 0.400. The first kappa shape index (κ1) is 24.2. The highest BCUT2D eigenvalue weighted by atomic mass is 16.6. The standard InChI is InChI=1S/C25H29N5O5/c1-16(17-7-4-3-5-8-17)34-25(33)27-15-22-23(28-29-30(22)2)21-12-11-20(14-26-21)35-19-10-6-9-18(13-19)24(31)32/h3-5,7-8,11-12,14,16,18-19H,6,9-10,13,15H2,1-2H3,(H,27,33)(H,31,32)/t16-,18?,19+/m1/s1. The molecular formula is C25H29N5O5. The lowest BCUT2D eigenvalue weighted by atomic mass is 9.87. The Morgan fingerprint density at radius 1 is 1.20 bits per heavy atom. The fourth-order valence-corrected chi connectivity index (χ4v) is 4.18. The summed E-state index contributed by atoms with van der Waals surface area (Å²) in [7, 11) is 1.74. The fourth-order valence-electron chi connectivity index (χ4n) is 4.18. The Balaban J connectivity index is 1.36. The van der Waals surface area contributed by atoms with E-state index in [0.717, 1.165) is 18.4 Å². The number of carbonyl (C=O) groups is 2. The van der Waals surface area contributed by atoms with Crippen molar-refractivity contribution >= 4 is 12.1 Å². The van der Waals surface area contributed by atoms with Crippen LogP contribution < -0.4 is 10.1 Å². The molecule has 1 aromatic carbocycles. The van der Waals surface area contributed by atoms with Gasteiger partial charge in [0.1, 0.15) is 17.5 Å². The predicted octanol–water partition coefficient (Wildman–Crippen LogP) is 3.89. The summed E-state index contributed by atoms with van der Waals surface area (Å²) in [6.07, 6.45) is 3.37. The van der Waals surface area contributed by atoms with Gasteiger partial charge in [-0.3, -0.25) is 9.78 Å². The van der Waals surface area contributed by atoms with Gasteiger partial charge in [0, 0.05) is 7.05 Å². The molecule has 3 aromatic rings. The van der Waals surface area contributed by atoms with E-state index in [4.69, 9.17) is 9.47 Å². The first-order valence-corrected chi connectivity index (χ1v) is 11.6. The minimum atomic E-state index is -0.769. The maximum Gasteiger partial charge on any atom is 0.408 e. The van der Waals surface area contributed by atoms with Crippen LogP contribution in [0, 0.1) is 5.92 Å². The van der Waals surface area contributed by atoms with Crippen LogP contribution >= 0.6 is 0 Å². The molecule has 2 aromatic heterocycles. The number of benzene rings is 1. The van der Waals surface area contributed by atoms with Crippen LogP contribution in [0.5, 0.6) is 5.75 Å². The molecule has 10 nitrogen and oxygen atoms in total. The van der Waals surface area contributed by atoms with Crippen LogP contribution in [0.25, 0.3) is 11.4 Å². The molecule has 0 saturated heterocycles. The summed E-state index contributed by atoms with van der Waals surface area (Å²) in [5.74, 6) is -0.557. The smallest absolute Gasteiger partial charge is 0.408 e. The predicted molar refractivity (Wildman–Crippen MR) is 126 cm³/mol. The number of amides is 1. The van der Waals surface area contributed by atoms with Gasteiger partial charge in [0.05, 0.1) is 36.2 Å². The Morgan fingerprint density at radius 3 is 2.71 bits per heavy atom. The second-order valence-corrected chi connectivity index (χ2v) is 8.64. The first-order valence-electron chi connectivity index (χ1n) is 11.6. The summed E-state index contributed by atoms with van der Waals surface area (Å²) in [5.41, 5.74) is 2.70. The van der Waals surface area contributed by atoms with E-state index in [-0.39, 0.29) is 24.7 Å². The second kappa shape index (κ2) is 11.0. The third-order valence-corrected chi connectivity index (χ3v) is 6.15. The minimum absolute atomic E-state index is 0.141. The quantitative estimate of drug-likeness (QED) is 0.498. The van der Waals surface area contributed by atoms with Gasteiger partial charge < -0.3 is 19.9 Å². The van der Waals surface area contributed by atoms with Gasteiger partial charge in [-0.2, -0.15) is 0 Å². The van der Waals surface area contributed by atoms with E-state index in [1.807, 2.05) is 37.3 Å². The van der Waals surface area contributed by atoms with E-state index in [2.05, 4.69) is 20.6 Å². The van der Waals surface area contributed by atoms with Gasteiger partial charge in [0.2, 0.25) is 0 Å². The summed E-state index contributed by atoms with van der Waals surface area (Å²) in [4.78, 5) is 28.1. The first-order chi connectivity index (χ1) is 16.9. The lowest BCUT2D eigenvalue weighted by Gasteiger charge is -2.27. The van der Waals surface area contributed by atoms with E-state index in [0.29, 0.717) is 35.7 Å². The Morgan fingerprint density at radius 2 is 2.00 bits per heavy atom. The van der Waals surface area contributed by atoms with E-state index in [9.17, 15) is 14.7 Å². The molecule has 1 unspecified atom stereocenters. The molecule has 1 aliphatic carbocycles. The number of carbonyl (C=O) groups excluding carboxylic acids is 1. The third-order valence-electron chi connectivity index (χ3n) is 6.15. The number of pyridine rings is 1. The lowest BCUT2D eigenvalue weighted by molar-refractivity contribution is -0.143. The molecule has 3 atom stereocenters. The van der Waals surface area contributed by atoms with E-state index in [1.54, 1.807) is 30.1 Å². The molecule has 10 heteroatoms. The SMILES string of the molecule is C[C@@H](OC(=O)NCc1c(-c2ccc(O[C@H]3CCCC(C(=O)O)C3)cn2)nnn1C)c1ccccc1. The van der Waals surface area contributed by atoms with Crippen molar-refractivity contribution in [3.05, 3.63) is 59.9 Å². The van der Waals surface area contributed by atoms with Gasteiger partial charge in [-0.05, 0) is 50.3 Å². The molecule has 1 aliphatic rings. The monoisotopic (exact) mass is 479 g/mol. The average molecular weight is 480 g/mol. The number of ether oxygens (including phenoxy) is 2. The maximum atomic E-state index is 12.3. The molecule has 0 aliphatic heterocycles. The van der Waals surface area contributed by atoms with Crippen molar-refractivity contribution in [1.82, 2.24) is 25.3 Å². The van der Waals surface area contributed by atoms with Crippen LogP contribution in [0.3, 0.4) is 0 Å². The van der Waals surface area contributed by atoms with Crippen molar-refractivity contribution in [2.75, 3.05) is 0 Å². The maximum absolute atomic E-state index is 12.3. The summed E-state index contributed by atoms with van der Waals surface area (Å²) < 4.78 is 13.0. The molecule has 1 fully saturated rings. The Labute approximate surface area is 203 Å². The number of aryl methyl sites for hydroxylation is 1. The van der Waals surface area contributed by atoms with E-state index >= 15 is 0 Å².